The van der Waals surface area contributed by atoms with Gasteiger partial charge in [-0.1, -0.05) is 0 Å². The summed E-state index contributed by atoms with van der Waals surface area (Å²) in [6.07, 6.45) is 1.97. The van der Waals surface area contributed by atoms with Gasteiger partial charge in [0.1, 0.15) is 24.3 Å². The minimum absolute atomic E-state index is 0.0255. The van der Waals surface area contributed by atoms with Crippen LogP contribution in [0.1, 0.15) is 11.1 Å². The van der Waals surface area contributed by atoms with Crippen LogP contribution in [0.25, 0.3) is 33.2 Å². The maximum atomic E-state index is 14.7. The SMILES string of the molecule is Cc1cc2oc3ccc(C#N)c(F)c3c2cc1-c1cccc[n+]1C. The summed E-state index contributed by atoms with van der Waals surface area (Å²) in [4.78, 5) is 0. The van der Waals surface area contributed by atoms with Gasteiger partial charge in [0.25, 0.3) is 0 Å². The summed E-state index contributed by atoms with van der Waals surface area (Å²) >= 11 is 0. The molecule has 3 nitrogen and oxygen atoms in total. The number of rotatable bonds is 1. The Morgan fingerprint density at radius 3 is 2.71 bits per heavy atom. The van der Waals surface area contributed by atoms with E-state index in [1.54, 1.807) is 6.07 Å². The highest BCUT2D eigenvalue weighted by atomic mass is 19.1. The third-order valence-corrected chi connectivity index (χ3v) is 4.37. The van der Waals surface area contributed by atoms with Crippen LogP contribution in [0.2, 0.25) is 0 Å². The van der Waals surface area contributed by atoms with Crippen LogP contribution in [0.3, 0.4) is 0 Å². The average Bonchev–Trinajstić information content (AvgIpc) is 2.93. The molecule has 0 aliphatic rings. The second kappa shape index (κ2) is 5.17. The number of pyridine rings is 1. The average molecular weight is 317 g/mol. The molecular formula is C20H14FN2O+. The van der Waals surface area contributed by atoms with Crippen LogP contribution in [-0.2, 0) is 7.05 Å². The zero-order valence-corrected chi connectivity index (χ0v) is 13.3. The van der Waals surface area contributed by atoms with Crippen molar-refractivity contribution in [1.82, 2.24) is 0 Å². The van der Waals surface area contributed by atoms with Gasteiger partial charge in [0.15, 0.2) is 12.0 Å². The van der Waals surface area contributed by atoms with Crippen LogP contribution in [0, 0.1) is 24.1 Å². The van der Waals surface area contributed by atoms with Crippen molar-refractivity contribution >= 4 is 21.9 Å². The molecular weight excluding hydrogens is 303 g/mol. The lowest BCUT2D eigenvalue weighted by molar-refractivity contribution is -0.660. The molecule has 0 bridgehead atoms. The van der Waals surface area contributed by atoms with Crippen LogP contribution >= 0.6 is 0 Å². The van der Waals surface area contributed by atoms with Gasteiger partial charge >= 0.3 is 0 Å². The Kier molecular flexibility index (Phi) is 3.10. The first-order valence-corrected chi connectivity index (χ1v) is 7.60. The second-order valence-electron chi connectivity index (χ2n) is 5.87. The Labute approximate surface area is 138 Å². The number of halogens is 1. The molecule has 0 spiro atoms. The number of hydrogen-bond donors (Lipinski definition) is 0. The van der Waals surface area contributed by atoms with E-state index < -0.39 is 5.82 Å². The monoisotopic (exact) mass is 317 g/mol. The molecule has 116 valence electrons. The van der Waals surface area contributed by atoms with Gasteiger partial charge in [-0.25, -0.2) is 8.96 Å². The smallest absolute Gasteiger partial charge is 0.212 e. The van der Waals surface area contributed by atoms with E-state index in [1.165, 1.54) is 6.07 Å². The number of fused-ring (bicyclic) bond motifs is 3. The van der Waals surface area contributed by atoms with Crippen molar-refractivity contribution in [3.63, 3.8) is 0 Å². The zero-order valence-electron chi connectivity index (χ0n) is 13.3. The summed E-state index contributed by atoms with van der Waals surface area (Å²) < 4.78 is 22.5. The molecule has 24 heavy (non-hydrogen) atoms. The fourth-order valence-corrected chi connectivity index (χ4v) is 3.14. The van der Waals surface area contributed by atoms with Gasteiger partial charge in [0.2, 0.25) is 5.69 Å². The zero-order chi connectivity index (χ0) is 16.8. The van der Waals surface area contributed by atoms with Gasteiger partial charge < -0.3 is 4.42 Å². The molecule has 0 atom stereocenters. The minimum Gasteiger partial charge on any atom is -0.456 e. The van der Waals surface area contributed by atoms with Crippen LogP contribution in [0.15, 0.2) is 53.1 Å². The molecule has 0 N–H and O–H groups in total. The topological polar surface area (TPSA) is 40.8 Å². The Balaban J connectivity index is 2.12. The Bertz CT molecular complexity index is 1150. The number of benzene rings is 2. The Morgan fingerprint density at radius 2 is 1.96 bits per heavy atom. The van der Waals surface area contributed by atoms with E-state index in [9.17, 15) is 4.39 Å². The van der Waals surface area contributed by atoms with Crippen LogP contribution < -0.4 is 4.57 Å². The van der Waals surface area contributed by atoms with Gasteiger partial charge in [0, 0.05) is 23.1 Å². The molecule has 4 aromatic rings. The van der Waals surface area contributed by atoms with Crippen molar-refractivity contribution in [3.05, 3.63) is 65.6 Å². The number of nitrogens with zero attached hydrogens (tertiary/aromatic N) is 2. The maximum absolute atomic E-state index is 14.7. The van der Waals surface area contributed by atoms with E-state index in [2.05, 4.69) is 0 Å². The summed E-state index contributed by atoms with van der Waals surface area (Å²) in [7, 11) is 1.97. The molecule has 0 saturated carbocycles. The summed E-state index contributed by atoms with van der Waals surface area (Å²) in [5, 5.41) is 10.1. The normalized spacial score (nSPS) is 11.1. The number of furan rings is 1. The Hall–Kier alpha value is -3.19. The highest BCUT2D eigenvalue weighted by Gasteiger charge is 2.19. The summed E-state index contributed by atoms with van der Waals surface area (Å²) in [6.45, 7) is 2.01. The number of hydrogen-bond acceptors (Lipinski definition) is 2. The lowest BCUT2D eigenvalue weighted by atomic mass is 10.0. The molecule has 2 aromatic carbocycles. The number of aryl methyl sites for hydroxylation is 2. The van der Waals surface area contributed by atoms with E-state index in [-0.39, 0.29) is 5.56 Å². The van der Waals surface area contributed by atoms with Gasteiger partial charge in [-0.05, 0) is 42.8 Å². The third kappa shape index (κ3) is 1.99. The van der Waals surface area contributed by atoms with Gasteiger partial charge in [0.05, 0.1) is 10.9 Å². The van der Waals surface area contributed by atoms with Crippen LogP contribution in [-0.4, -0.2) is 0 Å². The maximum Gasteiger partial charge on any atom is 0.212 e. The molecule has 4 heteroatoms. The first kappa shape index (κ1) is 14.4. The standard InChI is InChI=1S/C20H14FN2O/c1-12-9-18-15(10-14(12)16-5-3-4-8-23(16)2)19-17(24-18)7-6-13(11-22)20(19)21/h3-10H,1-2H3/q+1. The molecule has 0 saturated heterocycles. The lowest BCUT2D eigenvalue weighted by Crippen LogP contribution is -2.30. The minimum atomic E-state index is -0.527. The van der Waals surface area contributed by atoms with E-state index in [4.69, 9.17) is 9.68 Å². The van der Waals surface area contributed by atoms with Crippen molar-refractivity contribution in [1.29, 1.82) is 5.26 Å². The van der Waals surface area contributed by atoms with Crippen molar-refractivity contribution in [2.24, 2.45) is 7.05 Å². The second-order valence-corrected chi connectivity index (χ2v) is 5.87. The van der Waals surface area contributed by atoms with Crippen molar-refractivity contribution in [2.75, 3.05) is 0 Å². The fourth-order valence-electron chi connectivity index (χ4n) is 3.14. The van der Waals surface area contributed by atoms with Gasteiger partial charge in [-0.15, -0.1) is 0 Å². The largest absolute Gasteiger partial charge is 0.456 e. The molecule has 2 aromatic heterocycles. The van der Waals surface area contributed by atoms with Crippen molar-refractivity contribution in [3.8, 4) is 17.3 Å². The number of aromatic nitrogens is 1. The highest BCUT2D eigenvalue weighted by molar-refractivity contribution is 6.07. The van der Waals surface area contributed by atoms with Crippen molar-refractivity contribution in [2.45, 2.75) is 6.92 Å². The molecule has 0 aliphatic heterocycles. The summed E-state index contributed by atoms with van der Waals surface area (Å²) in [5.41, 5.74) is 4.19. The van der Waals surface area contributed by atoms with Crippen molar-refractivity contribution < 1.29 is 13.4 Å². The lowest BCUT2D eigenvalue weighted by Gasteiger charge is -2.04. The molecule has 4 rings (SSSR count). The number of nitriles is 1. The fraction of sp³-hybridized carbons (Fsp3) is 0.100. The van der Waals surface area contributed by atoms with Crippen LogP contribution in [0.5, 0.6) is 0 Å². The Morgan fingerprint density at radius 1 is 1.12 bits per heavy atom. The molecule has 2 heterocycles. The molecule has 0 aliphatic carbocycles. The first-order chi connectivity index (χ1) is 11.6. The van der Waals surface area contributed by atoms with E-state index in [1.807, 2.05) is 61.1 Å². The highest BCUT2D eigenvalue weighted by Crippen LogP contribution is 2.35. The summed E-state index contributed by atoms with van der Waals surface area (Å²) in [6, 6.07) is 14.8. The van der Waals surface area contributed by atoms with E-state index in [0.29, 0.717) is 21.9 Å². The van der Waals surface area contributed by atoms with Gasteiger partial charge in [-0.2, -0.15) is 5.26 Å². The third-order valence-electron chi connectivity index (χ3n) is 4.37. The van der Waals surface area contributed by atoms with E-state index in [0.717, 1.165) is 16.8 Å². The molecule has 0 fully saturated rings. The predicted molar refractivity (Wildman–Crippen MR) is 89.7 cm³/mol. The molecule has 0 radical (unpaired) electrons. The summed E-state index contributed by atoms with van der Waals surface area (Å²) in [5.74, 6) is -0.527. The van der Waals surface area contributed by atoms with E-state index >= 15 is 0 Å². The molecule has 0 unspecified atom stereocenters. The molecule has 0 amide bonds. The quantitative estimate of drug-likeness (QED) is 0.488. The van der Waals surface area contributed by atoms with Gasteiger partial charge in [-0.3, -0.25) is 0 Å². The van der Waals surface area contributed by atoms with Crippen LogP contribution in [0.4, 0.5) is 4.39 Å². The predicted octanol–water partition coefficient (Wildman–Crippen LogP) is 4.40. The first-order valence-electron chi connectivity index (χ1n) is 7.60.